The summed E-state index contributed by atoms with van der Waals surface area (Å²) < 4.78 is 38.6. The zero-order chi connectivity index (χ0) is 15.3. The number of nitrogens with two attached hydrogens (primary N) is 1. The highest BCUT2D eigenvalue weighted by Gasteiger charge is 2.33. The van der Waals surface area contributed by atoms with Crippen LogP contribution in [-0.2, 0) is 17.5 Å². The van der Waals surface area contributed by atoms with Crippen molar-refractivity contribution in [2.24, 2.45) is 5.73 Å². The van der Waals surface area contributed by atoms with Crippen LogP contribution in [0.3, 0.4) is 0 Å². The third kappa shape index (κ3) is 4.23. The lowest BCUT2D eigenvalue weighted by Gasteiger charge is -2.23. The molecule has 0 heterocycles. The van der Waals surface area contributed by atoms with Crippen molar-refractivity contribution in [2.45, 2.75) is 38.5 Å². The third-order valence-electron chi connectivity index (χ3n) is 3.02. The number of likely N-dealkylation sites (N-methyl/N-ethyl adjacent to an activating group) is 1. The van der Waals surface area contributed by atoms with Gasteiger partial charge in [0, 0.05) is 13.6 Å². The third-order valence-corrected chi connectivity index (χ3v) is 3.02. The molecule has 1 aromatic carbocycles. The van der Waals surface area contributed by atoms with E-state index >= 15 is 0 Å². The van der Waals surface area contributed by atoms with Gasteiger partial charge in [0.15, 0.2) is 0 Å². The van der Waals surface area contributed by atoms with E-state index in [1.165, 1.54) is 30.1 Å². The summed E-state index contributed by atoms with van der Waals surface area (Å²) in [5.41, 5.74) is 5.04. The number of hydrogen-bond donors (Lipinski definition) is 1. The first-order valence-corrected chi connectivity index (χ1v) is 6.43. The second kappa shape index (κ2) is 6.74. The lowest BCUT2D eigenvalue weighted by molar-refractivity contribution is -0.139. The highest BCUT2D eigenvalue weighted by atomic mass is 19.4. The number of amides is 1. The van der Waals surface area contributed by atoms with Gasteiger partial charge < -0.3 is 10.6 Å². The van der Waals surface area contributed by atoms with E-state index in [0.717, 1.165) is 12.5 Å². The molecule has 0 bridgehead atoms. The quantitative estimate of drug-likeness (QED) is 0.905. The molecule has 1 amide bonds. The first-order chi connectivity index (χ1) is 9.27. The van der Waals surface area contributed by atoms with Gasteiger partial charge in [-0.2, -0.15) is 13.2 Å². The van der Waals surface area contributed by atoms with Crippen LogP contribution in [0.1, 0.15) is 30.9 Å². The molecule has 0 fully saturated rings. The number of carbonyl (C=O) groups excluding carboxylic acids is 1. The highest BCUT2D eigenvalue weighted by Crippen LogP contribution is 2.32. The summed E-state index contributed by atoms with van der Waals surface area (Å²) in [6.45, 7) is 1.79. The molecule has 1 aromatic rings. The van der Waals surface area contributed by atoms with Gasteiger partial charge in [0.05, 0.1) is 11.6 Å². The van der Waals surface area contributed by atoms with Crippen LogP contribution in [0.2, 0.25) is 0 Å². The molecule has 1 atom stereocenters. The van der Waals surface area contributed by atoms with Crippen molar-refractivity contribution >= 4 is 5.91 Å². The molecule has 0 aliphatic rings. The summed E-state index contributed by atoms with van der Waals surface area (Å²) in [6.07, 6.45) is -3.16. The molecule has 3 nitrogen and oxygen atoms in total. The maximum absolute atomic E-state index is 12.9. The Balaban J connectivity index is 2.86. The molecule has 0 saturated heterocycles. The molecule has 0 aromatic heterocycles. The van der Waals surface area contributed by atoms with Gasteiger partial charge in [0.1, 0.15) is 0 Å². The van der Waals surface area contributed by atoms with E-state index in [-0.39, 0.29) is 18.0 Å². The number of alkyl halides is 3. The summed E-state index contributed by atoms with van der Waals surface area (Å²) in [4.78, 5) is 13.2. The van der Waals surface area contributed by atoms with Crippen LogP contribution in [0.15, 0.2) is 24.3 Å². The van der Waals surface area contributed by atoms with Gasteiger partial charge in [-0.05, 0) is 18.1 Å². The van der Waals surface area contributed by atoms with Crippen LogP contribution in [0.5, 0.6) is 0 Å². The van der Waals surface area contributed by atoms with Gasteiger partial charge in [-0.25, -0.2) is 0 Å². The fraction of sp³-hybridized carbons (Fsp3) is 0.500. The van der Waals surface area contributed by atoms with Crippen LogP contribution in [0.4, 0.5) is 13.2 Å². The van der Waals surface area contributed by atoms with Gasteiger partial charge in [-0.3, -0.25) is 4.79 Å². The Hall–Kier alpha value is -1.56. The molecule has 0 aliphatic carbocycles. The summed E-state index contributed by atoms with van der Waals surface area (Å²) in [5, 5.41) is 0. The van der Waals surface area contributed by atoms with Crippen LogP contribution >= 0.6 is 0 Å². The maximum Gasteiger partial charge on any atom is 0.416 e. The van der Waals surface area contributed by atoms with Gasteiger partial charge in [0.2, 0.25) is 5.91 Å². The molecule has 0 spiro atoms. The maximum atomic E-state index is 12.9. The van der Waals surface area contributed by atoms with Crippen LogP contribution in [0, 0.1) is 0 Å². The SMILES string of the molecule is CCCC(N)C(=O)N(C)Cc1ccccc1C(F)(F)F. The van der Waals surface area contributed by atoms with Crippen molar-refractivity contribution in [2.75, 3.05) is 7.05 Å². The Bertz CT molecular complexity index is 460. The molecule has 20 heavy (non-hydrogen) atoms. The smallest absolute Gasteiger partial charge is 0.340 e. The molecule has 0 aliphatic heterocycles. The summed E-state index contributed by atoms with van der Waals surface area (Å²) in [7, 11) is 1.46. The summed E-state index contributed by atoms with van der Waals surface area (Å²) in [5.74, 6) is -0.344. The van der Waals surface area contributed by atoms with E-state index in [0.29, 0.717) is 6.42 Å². The van der Waals surface area contributed by atoms with Crippen LogP contribution in [-0.4, -0.2) is 23.9 Å². The van der Waals surface area contributed by atoms with Crippen molar-refractivity contribution in [3.63, 3.8) is 0 Å². The normalized spacial score (nSPS) is 13.1. The fourth-order valence-electron chi connectivity index (χ4n) is 1.99. The Morgan fingerprint density at radius 2 is 1.95 bits per heavy atom. The van der Waals surface area contributed by atoms with Crippen molar-refractivity contribution in [1.82, 2.24) is 4.90 Å². The van der Waals surface area contributed by atoms with E-state index in [2.05, 4.69) is 0 Å². The van der Waals surface area contributed by atoms with Gasteiger partial charge >= 0.3 is 6.18 Å². The van der Waals surface area contributed by atoms with Crippen molar-refractivity contribution in [3.8, 4) is 0 Å². The lowest BCUT2D eigenvalue weighted by Crippen LogP contribution is -2.41. The predicted octanol–water partition coefficient (Wildman–Crippen LogP) is 2.79. The minimum absolute atomic E-state index is 0.0690. The lowest BCUT2D eigenvalue weighted by atomic mass is 10.1. The van der Waals surface area contributed by atoms with Crippen molar-refractivity contribution in [3.05, 3.63) is 35.4 Å². The van der Waals surface area contributed by atoms with E-state index in [1.807, 2.05) is 6.92 Å². The van der Waals surface area contributed by atoms with Gasteiger partial charge in [-0.15, -0.1) is 0 Å². The Morgan fingerprint density at radius 1 is 1.35 bits per heavy atom. The van der Waals surface area contributed by atoms with Crippen molar-refractivity contribution in [1.29, 1.82) is 0 Å². The number of rotatable bonds is 5. The molecule has 6 heteroatoms. The van der Waals surface area contributed by atoms with Crippen molar-refractivity contribution < 1.29 is 18.0 Å². The Labute approximate surface area is 116 Å². The number of hydrogen-bond acceptors (Lipinski definition) is 2. The molecule has 0 radical (unpaired) electrons. The van der Waals surface area contributed by atoms with E-state index < -0.39 is 17.8 Å². The molecule has 0 saturated carbocycles. The van der Waals surface area contributed by atoms with Gasteiger partial charge in [0.25, 0.3) is 0 Å². The Kier molecular flexibility index (Phi) is 5.56. The molecular weight excluding hydrogens is 269 g/mol. The molecular formula is C14H19F3N2O. The van der Waals surface area contributed by atoms with E-state index in [9.17, 15) is 18.0 Å². The average Bonchev–Trinajstić information content (AvgIpc) is 2.37. The number of carbonyl (C=O) groups is 1. The predicted molar refractivity (Wildman–Crippen MR) is 70.8 cm³/mol. The molecule has 1 unspecified atom stereocenters. The standard InChI is InChI=1S/C14H19F3N2O/c1-3-6-12(18)13(20)19(2)9-10-7-4-5-8-11(10)14(15,16)17/h4-5,7-8,12H,3,6,9,18H2,1-2H3. The second-order valence-corrected chi connectivity index (χ2v) is 4.74. The molecule has 1 rings (SSSR count). The van der Waals surface area contributed by atoms with E-state index in [4.69, 9.17) is 5.73 Å². The fourth-order valence-corrected chi connectivity index (χ4v) is 1.99. The van der Waals surface area contributed by atoms with Gasteiger partial charge in [-0.1, -0.05) is 31.5 Å². The topological polar surface area (TPSA) is 46.3 Å². The summed E-state index contributed by atoms with van der Waals surface area (Å²) in [6, 6.07) is 4.58. The number of nitrogens with zero attached hydrogens (tertiary/aromatic N) is 1. The average molecular weight is 288 g/mol. The number of halogens is 3. The zero-order valence-electron chi connectivity index (χ0n) is 11.6. The first kappa shape index (κ1) is 16.5. The number of benzene rings is 1. The molecule has 2 N–H and O–H groups in total. The monoisotopic (exact) mass is 288 g/mol. The Morgan fingerprint density at radius 3 is 2.50 bits per heavy atom. The van der Waals surface area contributed by atoms with Crippen LogP contribution in [0.25, 0.3) is 0 Å². The molecule has 112 valence electrons. The minimum atomic E-state index is -4.42. The first-order valence-electron chi connectivity index (χ1n) is 6.43. The van der Waals surface area contributed by atoms with E-state index in [1.54, 1.807) is 0 Å². The minimum Gasteiger partial charge on any atom is -0.340 e. The summed E-state index contributed by atoms with van der Waals surface area (Å²) >= 11 is 0. The second-order valence-electron chi connectivity index (χ2n) is 4.74. The highest BCUT2D eigenvalue weighted by molar-refractivity contribution is 5.81. The largest absolute Gasteiger partial charge is 0.416 e. The zero-order valence-corrected chi connectivity index (χ0v) is 11.6. The van der Waals surface area contributed by atoms with Crippen LogP contribution < -0.4 is 5.73 Å².